The standard InChI is InChI=1S/C22H35N3.C9H18.C2H6/c1-7-19(11-10-17(4)5)16-25(18(6)22(8-2)24-9-3)21-14-12-20(23)13-15-21;1-2-6-9-7-4-3-5-8-9;1-2/h7-11,20-21H,1,6,12-16,23H2,2-5H3;9H,2-8H2,1H3;1-2H3/b19-11+,22-8-,24-9?;;. The Hall–Kier alpha value is -1.87. The SMILES string of the molecule is C=C/C(=C\C=C(C)C)CN(C(=C)/C(=C/C)N=CC)C1CCC(N)CC1.CC.CCCC1CCCCC1. The molecule has 3 heteroatoms. The first kappa shape index (κ1) is 34.1. The van der Waals surface area contributed by atoms with E-state index in [9.17, 15) is 0 Å². The Balaban J connectivity index is 0.000000922. The van der Waals surface area contributed by atoms with Crippen molar-refractivity contribution in [3.05, 3.63) is 60.0 Å². The molecule has 2 N–H and O–H groups in total. The second-order valence-electron chi connectivity index (χ2n) is 10.2. The molecule has 3 nitrogen and oxygen atoms in total. The van der Waals surface area contributed by atoms with E-state index in [2.05, 4.69) is 56.0 Å². The number of hydrogen-bond donors (Lipinski definition) is 1. The van der Waals surface area contributed by atoms with Gasteiger partial charge in [-0.25, -0.2) is 0 Å². The van der Waals surface area contributed by atoms with E-state index in [0.717, 1.165) is 49.5 Å². The summed E-state index contributed by atoms with van der Waals surface area (Å²) in [7, 11) is 0. The molecular formula is C33H59N3. The van der Waals surface area contributed by atoms with Gasteiger partial charge in [-0.15, -0.1) is 0 Å². The first-order chi connectivity index (χ1) is 17.4. The van der Waals surface area contributed by atoms with E-state index in [0.29, 0.717) is 12.1 Å². The molecule has 0 bridgehead atoms. The third-order valence-corrected chi connectivity index (χ3v) is 7.03. The maximum Gasteiger partial charge on any atom is 0.0810 e. The van der Waals surface area contributed by atoms with Crippen molar-refractivity contribution in [3.63, 3.8) is 0 Å². The Morgan fingerprint density at radius 2 is 1.58 bits per heavy atom. The van der Waals surface area contributed by atoms with Crippen molar-refractivity contribution in [1.82, 2.24) is 4.90 Å². The molecular weight excluding hydrogens is 438 g/mol. The third-order valence-electron chi connectivity index (χ3n) is 7.03. The molecule has 0 radical (unpaired) electrons. The molecule has 0 aromatic carbocycles. The van der Waals surface area contributed by atoms with Gasteiger partial charge in [0, 0.05) is 24.8 Å². The number of nitrogens with zero attached hydrogens (tertiary/aromatic N) is 2. The lowest BCUT2D eigenvalue weighted by atomic mass is 9.86. The molecule has 2 fully saturated rings. The van der Waals surface area contributed by atoms with Gasteiger partial charge in [0.1, 0.15) is 0 Å². The predicted molar refractivity (Wildman–Crippen MR) is 165 cm³/mol. The van der Waals surface area contributed by atoms with E-state index < -0.39 is 0 Å². The Kier molecular flexibility index (Phi) is 20.1. The summed E-state index contributed by atoms with van der Waals surface area (Å²) in [4.78, 5) is 6.88. The maximum atomic E-state index is 6.10. The molecule has 0 saturated heterocycles. The number of rotatable bonds is 10. The van der Waals surface area contributed by atoms with Crippen LogP contribution in [0, 0.1) is 5.92 Å². The van der Waals surface area contributed by atoms with E-state index in [1.165, 1.54) is 56.1 Å². The molecule has 0 aromatic rings. The molecule has 0 heterocycles. The monoisotopic (exact) mass is 497 g/mol. The van der Waals surface area contributed by atoms with Crippen molar-refractivity contribution in [2.75, 3.05) is 6.54 Å². The molecule has 0 aliphatic heterocycles. The zero-order valence-corrected chi connectivity index (χ0v) is 25.0. The van der Waals surface area contributed by atoms with Crippen LogP contribution in [-0.2, 0) is 0 Å². The zero-order valence-electron chi connectivity index (χ0n) is 25.0. The van der Waals surface area contributed by atoms with Crippen LogP contribution in [0.3, 0.4) is 0 Å². The molecule has 2 rings (SSSR count). The second kappa shape index (κ2) is 21.2. The van der Waals surface area contributed by atoms with Crippen molar-refractivity contribution in [3.8, 4) is 0 Å². The van der Waals surface area contributed by atoms with Crippen LogP contribution in [0.15, 0.2) is 65.0 Å². The van der Waals surface area contributed by atoms with Crippen molar-refractivity contribution in [2.24, 2.45) is 16.6 Å². The van der Waals surface area contributed by atoms with Gasteiger partial charge in [0.15, 0.2) is 0 Å². The van der Waals surface area contributed by atoms with E-state index >= 15 is 0 Å². The first-order valence-corrected chi connectivity index (χ1v) is 14.7. The van der Waals surface area contributed by atoms with Crippen molar-refractivity contribution in [2.45, 2.75) is 131 Å². The quantitative estimate of drug-likeness (QED) is 0.241. The molecule has 206 valence electrons. The van der Waals surface area contributed by atoms with Gasteiger partial charge >= 0.3 is 0 Å². The Bertz CT molecular complexity index is 704. The highest BCUT2D eigenvalue weighted by Crippen LogP contribution is 2.29. The van der Waals surface area contributed by atoms with E-state index in [1.54, 1.807) is 0 Å². The topological polar surface area (TPSA) is 41.6 Å². The van der Waals surface area contributed by atoms with Gasteiger partial charge in [-0.3, -0.25) is 4.99 Å². The fourth-order valence-corrected chi connectivity index (χ4v) is 5.00. The molecule has 0 spiro atoms. The van der Waals surface area contributed by atoms with Crippen molar-refractivity contribution >= 4 is 6.21 Å². The largest absolute Gasteiger partial charge is 0.363 e. The van der Waals surface area contributed by atoms with E-state index in [4.69, 9.17) is 5.73 Å². The summed E-state index contributed by atoms with van der Waals surface area (Å²) in [5.41, 5.74) is 10.5. The van der Waals surface area contributed by atoms with Gasteiger partial charge in [-0.2, -0.15) is 0 Å². The summed E-state index contributed by atoms with van der Waals surface area (Å²) in [6, 6.07) is 0.783. The average Bonchev–Trinajstić information content (AvgIpc) is 2.90. The van der Waals surface area contributed by atoms with Crippen molar-refractivity contribution in [1.29, 1.82) is 0 Å². The van der Waals surface area contributed by atoms with Crippen LogP contribution in [-0.4, -0.2) is 29.7 Å². The van der Waals surface area contributed by atoms with Gasteiger partial charge in [0.05, 0.1) is 11.4 Å². The first-order valence-electron chi connectivity index (χ1n) is 14.7. The zero-order chi connectivity index (χ0) is 27.3. The van der Waals surface area contributed by atoms with Gasteiger partial charge in [0.2, 0.25) is 0 Å². The fourth-order valence-electron chi connectivity index (χ4n) is 5.00. The average molecular weight is 498 g/mol. The highest BCUT2D eigenvalue weighted by molar-refractivity contribution is 5.57. The van der Waals surface area contributed by atoms with Gasteiger partial charge in [-0.1, -0.05) is 109 Å². The number of aliphatic imine (C=N–C) groups is 1. The van der Waals surface area contributed by atoms with E-state index in [-0.39, 0.29) is 0 Å². The van der Waals surface area contributed by atoms with Gasteiger partial charge < -0.3 is 10.6 Å². The van der Waals surface area contributed by atoms with Crippen LogP contribution in [0.25, 0.3) is 0 Å². The van der Waals surface area contributed by atoms with Crippen LogP contribution < -0.4 is 5.73 Å². The molecule has 2 aliphatic rings. The maximum absolute atomic E-state index is 6.10. The molecule has 0 amide bonds. The number of allylic oxidation sites excluding steroid dienone is 4. The number of hydrogen-bond acceptors (Lipinski definition) is 3. The van der Waals surface area contributed by atoms with E-state index in [1.807, 2.05) is 46.1 Å². The summed E-state index contributed by atoms with van der Waals surface area (Å²) < 4.78 is 0. The summed E-state index contributed by atoms with van der Waals surface area (Å²) in [5.74, 6) is 1.10. The molecule has 0 unspecified atom stereocenters. The smallest absolute Gasteiger partial charge is 0.0810 e. The van der Waals surface area contributed by atoms with Crippen LogP contribution >= 0.6 is 0 Å². The van der Waals surface area contributed by atoms with Crippen LogP contribution in [0.2, 0.25) is 0 Å². The highest BCUT2D eigenvalue weighted by atomic mass is 15.2. The molecule has 0 aromatic heterocycles. The van der Waals surface area contributed by atoms with Crippen LogP contribution in [0.1, 0.15) is 119 Å². The van der Waals surface area contributed by atoms with Crippen LogP contribution in [0.5, 0.6) is 0 Å². The highest BCUT2D eigenvalue weighted by Gasteiger charge is 2.26. The predicted octanol–water partition coefficient (Wildman–Crippen LogP) is 9.54. The fraction of sp³-hybridized carbons (Fsp3) is 0.667. The molecule has 2 aliphatic carbocycles. The van der Waals surface area contributed by atoms with Crippen LogP contribution in [0.4, 0.5) is 0 Å². The lowest BCUT2D eigenvalue weighted by Crippen LogP contribution is -2.41. The Morgan fingerprint density at radius 3 is 2.06 bits per heavy atom. The third kappa shape index (κ3) is 14.0. The lowest BCUT2D eigenvalue weighted by molar-refractivity contribution is 0.207. The molecule has 2 saturated carbocycles. The molecule has 0 atom stereocenters. The molecule has 36 heavy (non-hydrogen) atoms. The minimum Gasteiger partial charge on any atom is -0.363 e. The normalized spacial score (nSPS) is 21.0. The minimum atomic E-state index is 0.335. The lowest BCUT2D eigenvalue weighted by Gasteiger charge is -2.39. The van der Waals surface area contributed by atoms with Crippen molar-refractivity contribution < 1.29 is 0 Å². The Morgan fingerprint density at radius 1 is 0.972 bits per heavy atom. The van der Waals surface area contributed by atoms with Gasteiger partial charge in [-0.05, 0) is 64.9 Å². The minimum absolute atomic E-state index is 0.335. The summed E-state index contributed by atoms with van der Waals surface area (Å²) in [5, 5.41) is 0. The summed E-state index contributed by atoms with van der Waals surface area (Å²) >= 11 is 0. The second-order valence-corrected chi connectivity index (χ2v) is 10.2. The Labute approximate surface area is 225 Å². The van der Waals surface area contributed by atoms with Gasteiger partial charge in [0.25, 0.3) is 0 Å². The summed E-state index contributed by atoms with van der Waals surface area (Å²) in [6.45, 7) is 23.6. The number of nitrogens with two attached hydrogens (primary N) is 1. The summed E-state index contributed by atoms with van der Waals surface area (Å²) in [6.07, 6.45) is 24.8.